The zero-order chi connectivity index (χ0) is 34.0. The third kappa shape index (κ3) is 5.96. The third-order valence-corrected chi connectivity index (χ3v) is 13.0. The fourth-order valence-corrected chi connectivity index (χ4v) is 11.4. The van der Waals surface area contributed by atoms with Gasteiger partial charge in [-0.3, -0.25) is 14.4 Å². The molecule has 2 bridgehead atoms. The average Bonchev–Trinajstić information content (AvgIpc) is 3.69. The van der Waals surface area contributed by atoms with Crippen molar-refractivity contribution in [3.8, 4) is 5.75 Å². The standard InChI is InChI=1S/C38H42BrN3O5S/c1-4-19-40(27-15-17-29(18-16-27)47-6-3)35(44)31-32-36(45)42(21-9-10-22-43)34(38(32)24-30(39)33(31)48-38)37(46)41(20-5-2)28-14-13-25-11-7-8-12-26(25)23-28/h4-5,7-8,11-18,23,30-34,43H,1-2,6,9-10,19-22,24H2,3H3/t30?,31-,32-,33-,34?,38?/m0/s1. The SMILES string of the molecule is C=CCN(C(=O)C1N(CCCCO)C(=O)[C@@H]2[C@H](C(=O)N(CC=C)c3ccc(OCC)cc3)[C@H]3SC12CC3Br)c1ccc2ccccc2c1. The monoisotopic (exact) mass is 731 g/mol. The summed E-state index contributed by atoms with van der Waals surface area (Å²) in [5, 5.41) is 11.5. The van der Waals surface area contributed by atoms with Crippen LogP contribution >= 0.6 is 27.7 Å². The molecule has 0 saturated carbocycles. The summed E-state index contributed by atoms with van der Waals surface area (Å²) in [6.07, 6.45) is 5.04. The number of ether oxygens (including phenoxy) is 1. The number of alkyl halides is 1. The summed E-state index contributed by atoms with van der Waals surface area (Å²) in [7, 11) is 0. The van der Waals surface area contributed by atoms with Gasteiger partial charge in [0.25, 0.3) is 5.91 Å². The molecular weight excluding hydrogens is 690 g/mol. The van der Waals surface area contributed by atoms with Crippen molar-refractivity contribution in [2.45, 2.75) is 47.1 Å². The fourth-order valence-electron chi connectivity index (χ4n) is 7.79. The maximum Gasteiger partial charge on any atom is 0.251 e. The number of anilines is 2. The average molecular weight is 733 g/mol. The molecule has 3 aromatic rings. The first-order chi connectivity index (χ1) is 23.3. The van der Waals surface area contributed by atoms with Crippen molar-refractivity contribution in [2.24, 2.45) is 11.8 Å². The first-order valence-corrected chi connectivity index (χ1v) is 18.4. The van der Waals surface area contributed by atoms with Crippen LogP contribution in [-0.4, -0.2) is 81.4 Å². The first-order valence-electron chi connectivity index (χ1n) is 16.6. The van der Waals surface area contributed by atoms with Gasteiger partial charge in [-0.25, -0.2) is 0 Å². The van der Waals surface area contributed by atoms with Crippen molar-refractivity contribution >= 4 is 67.6 Å². The Hall–Kier alpha value is -3.60. The minimum atomic E-state index is -0.804. The van der Waals surface area contributed by atoms with E-state index in [4.69, 9.17) is 4.74 Å². The molecule has 3 amide bonds. The lowest BCUT2D eigenvalue weighted by atomic mass is 9.70. The second-order valence-electron chi connectivity index (χ2n) is 12.6. The van der Waals surface area contributed by atoms with Gasteiger partial charge >= 0.3 is 0 Å². The lowest BCUT2D eigenvalue weighted by molar-refractivity contribution is -0.139. The Morgan fingerprint density at radius 2 is 1.67 bits per heavy atom. The number of thioether (sulfide) groups is 1. The van der Waals surface area contributed by atoms with Crippen LogP contribution < -0.4 is 14.5 Å². The van der Waals surface area contributed by atoms with Crippen LogP contribution in [-0.2, 0) is 14.4 Å². The van der Waals surface area contributed by atoms with Crippen LogP contribution in [0.15, 0.2) is 92.0 Å². The summed E-state index contributed by atoms with van der Waals surface area (Å²) in [5.41, 5.74) is 1.43. The van der Waals surface area contributed by atoms with Crippen LogP contribution in [0.5, 0.6) is 5.75 Å². The van der Waals surface area contributed by atoms with Gasteiger partial charge in [0.05, 0.1) is 23.2 Å². The number of unbranched alkanes of at least 4 members (excludes halogenated alkanes) is 1. The number of fused-ring (bicyclic) bond motifs is 2. The number of amides is 3. The van der Waals surface area contributed by atoms with Gasteiger partial charge in [0.2, 0.25) is 11.8 Å². The Kier molecular flexibility index (Phi) is 10.3. The van der Waals surface area contributed by atoms with Gasteiger partial charge in [-0.2, -0.15) is 0 Å². The molecule has 252 valence electrons. The molecule has 3 fully saturated rings. The minimum absolute atomic E-state index is 0.00506. The molecule has 3 heterocycles. The van der Waals surface area contributed by atoms with E-state index >= 15 is 0 Å². The number of rotatable bonds is 14. The second kappa shape index (κ2) is 14.5. The number of halogens is 1. The number of hydrogen-bond donors (Lipinski definition) is 1. The van der Waals surface area contributed by atoms with Crippen molar-refractivity contribution < 1.29 is 24.2 Å². The summed E-state index contributed by atoms with van der Waals surface area (Å²) >= 11 is 5.52. The maximum absolute atomic E-state index is 15.0. The second-order valence-corrected chi connectivity index (χ2v) is 15.3. The number of carbonyl (C=O) groups excluding carboxylic acids is 3. The summed E-state index contributed by atoms with van der Waals surface area (Å²) < 4.78 is 4.82. The number of likely N-dealkylation sites (tertiary alicyclic amines) is 1. The van der Waals surface area contributed by atoms with Crippen LogP contribution in [0.1, 0.15) is 26.2 Å². The zero-order valence-corrected chi connectivity index (χ0v) is 29.6. The highest BCUT2D eigenvalue weighted by atomic mass is 79.9. The number of hydrogen-bond acceptors (Lipinski definition) is 6. The number of aliphatic hydroxyl groups excluding tert-OH is 1. The zero-order valence-electron chi connectivity index (χ0n) is 27.2. The molecule has 3 saturated heterocycles. The van der Waals surface area contributed by atoms with E-state index in [1.807, 2.05) is 73.7 Å². The van der Waals surface area contributed by atoms with E-state index < -0.39 is 22.6 Å². The van der Waals surface area contributed by atoms with E-state index in [0.29, 0.717) is 43.9 Å². The van der Waals surface area contributed by atoms with Gasteiger partial charge in [0.15, 0.2) is 0 Å². The molecule has 1 spiro atoms. The molecule has 3 aromatic carbocycles. The van der Waals surface area contributed by atoms with Crippen LogP contribution in [0.25, 0.3) is 10.8 Å². The van der Waals surface area contributed by atoms with E-state index in [1.165, 1.54) is 0 Å². The van der Waals surface area contributed by atoms with Crippen molar-refractivity contribution in [1.82, 2.24) is 4.90 Å². The fraction of sp³-hybridized carbons (Fsp3) is 0.395. The van der Waals surface area contributed by atoms with E-state index in [-0.39, 0.29) is 47.5 Å². The summed E-state index contributed by atoms with van der Waals surface area (Å²) in [6.45, 7) is 11.2. The van der Waals surface area contributed by atoms with E-state index in [9.17, 15) is 19.5 Å². The highest BCUT2D eigenvalue weighted by Crippen LogP contribution is 2.68. The smallest absolute Gasteiger partial charge is 0.251 e. The molecule has 6 rings (SSSR count). The van der Waals surface area contributed by atoms with Crippen molar-refractivity contribution in [2.75, 3.05) is 42.6 Å². The van der Waals surface area contributed by atoms with Crippen LogP contribution in [0.4, 0.5) is 11.4 Å². The Morgan fingerprint density at radius 3 is 2.33 bits per heavy atom. The summed E-state index contributed by atoms with van der Waals surface area (Å²) in [4.78, 5) is 49.4. The molecule has 3 unspecified atom stereocenters. The molecule has 6 atom stereocenters. The molecule has 0 radical (unpaired) electrons. The van der Waals surface area contributed by atoms with Gasteiger partial charge in [0, 0.05) is 47.7 Å². The van der Waals surface area contributed by atoms with E-state index in [2.05, 4.69) is 29.1 Å². The largest absolute Gasteiger partial charge is 0.494 e. The van der Waals surface area contributed by atoms with Crippen LogP contribution in [0.2, 0.25) is 0 Å². The molecule has 8 nitrogen and oxygen atoms in total. The molecule has 48 heavy (non-hydrogen) atoms. The van der Waals surface area contributed by atoms with Crippen molar-refractivity contribution in [3.05, 3.63) is 92.0 Å². The Bertz CT molecular complexity index is 1700. The van der Waals surface area contributed by atoms with Gasteiger partial charge < -0.3 is 24.5 Å². The molecule has 0 aromatic heterocycles. The lowest BCUT2D eigenvalue weighted by Crippen LogP contribution is -2.56. The molecule has 3 aliphatic rings. The number of aliphatic hydroxyl groups is 1. The van der Waals surface area contributed by atoms with Gasteiger partial charge in [-0.05, 0) is 73.4 Å². The third-order valence-electron chi connectivity index (χ3n) is 9.77. The van der Waals surface area contributed by atoms with Crippen molar-refractivity contribution in [1.29, 1.82) is 0 Å². The predicted octanol–water partition coefficient (Wildman–Crippen LogP) is 6.21. The summed E-state index contributed by atoms with van der Waals surface area (Å²) in [6, 6.07) is 20.6. The number of benzene rings is 3. The number of nitrogens with zero attached hydrogens (tertiary/aromatic N) is 3. The highest BCUT2D eigenvalue weighted by molar-refractivity contribution is 9.09. The lowest BCUT2D eigenvalue weighted by Gasteiger charge is -2.38. The van der Waals surface area contributed by atoms with Gasteiger partial charge in [0.1, 0.15) is 11.8 Å². The maximum atomic E-state index is 15.0. The quantitative estimate of drug-likeness (QED) is 0.121. The summed E-state index contributed by atoms with van der Waals surface area (Å²) in [5.74, 6) is -1.10. The van der Waals surface area contributed by atoms with Crippen LogP contribution in [0.3, 0.4) is 0 Å². The topological polar surface area (TPSA) is 90.4 Å². The molecule has 0 aliphatic carbocycles. The number of carbonyl (C=O) groups is 3. The first kappa shape index (κ1) is 34.3. The minimum Gasteiger partial charge on any atom is -0.494 e. The van der Waals surface area contributed by atoms with Crippen molar-refractivity contribution in [3.63, 3.8) is 0 Å². The Labute approximate surface area is 294 Å². The van der Waals surface area contributed by atoms with Gasteiger partial charge in [-0.1, -0.05) is 58.4 Å². The molecule has 3 aliphatic heterocycles. The molecule has 10 heteroatoms. The molecule has 1 N–H and O–H groups in total. The molecular formula is C38H42BrN3O5S. The van der Waals surface area contributed by atoms with E-state index in [0.717, 1.165) is 16.5 Å². The van der Waals surface area contributed by atoms with Gasteiger partial charge in [-0.15, -0.1) is 24.9 Å². The Balaban J connectivity index is 1.40. The predicted molar refractivity (Wildman–Crippen MR) is 197 cm³/mol. The highest BCUT2D eigenvalue weighted by Gasteiger charge is 2.76. The van der Waals surface area contributed by atoms with Crippen LogP contribution in [0, 0.1) is 11.8 Å². The Morgan fingerprint density at radius 1 is 1.00 bits per heavy atom. The van der Waals surface area contributed by atoms with E-state index in [1.54, 1.807) is 38.6 Å². The normalized spacial score (nSPS) is 25.6.